The van der Waals surface area contributed by atoms with E-state index < -0.39 is 11.9 Å². The first-order valence-corrected chi connectivity index (χ1v) is 13.9. The van der Waals surface area contributed by atoms with E-state index in [1.54, 1.807) is 0 Å². The lowest BCUT2D eigenvalue weighted by Crippen LogP contribution is -2.31. The molecule has 4 nitrogen and oxygen atoms in total. The molecule has 1 aliphatic carbocycles. The number of nitrogens with one attached hydrogen (secondary N) is 1. The number of fused-ring (bicyclic) bond motifs is 1. The summed E-state index contributed by atoms with van der Waals surface area (Å²) in [5.74, 6) is 0.919. The van der Waals surface area contributed by atoms with E-state index in [-0.39, 0.29) is 12.2 Å². The average Bonchev–Trinajstić information content (AvgIpc) is 3.53. The van der Waals surface area contributed by atoms with Gasteiger partial charge in [0.1, 0.15) is 5.82 Å². The van der Waals surface area contributed by atoms with Gasteiger partial charge in [0.15, 0.2) is 5.69 Å². The summed E-state index contributed by atoms with van der Waals surface area (Å²) < 4.78 is 45.2. The summed E-state index contributed by atoms with van der Waals surface area (Å²) in [4.78, 5) is 9.71. The van der Waals surface area contributed by atoms with Gasteiger partial charge in [0.25, 0.3) is 0 Å². The van der Waals surface area contributed by atoms with Gasteiger partial charge in [-0.1, -0.05) is 69.0 Å². The third kappa shape index (κ3) is 6.15. The molecule has 2 heterocycles. The van der Waals surface area contributed by atoms with Gasteiger partial charge >= 0.3 is 6.18 Å². The minimum Gasteiger partial charge on any atom is -0.361 e. The number of aromatic nitrogens is 3. The smallest absolute Gasteiger partial charge is 0.361 e. The number of hydrogen-bond donors (Lipinski definition) is 1. The van der Waals surface area contributed by atoms with Gasteiger partial charge in [-0.3, -0.25) is 4.90 Å². The SMILES string of the molecule is CCCCn1c(-c2ccccc2)nc(C(F)(F)F)c1CN(Cc1ccc2[nH]ccc2c1)CC1CCCCC1. The Balaban J connectivity index is 1.54. The standard InChI is InChI=1S/C31H37F3N4/c1-2-3-18-38-28(29(31(32,33)34)36-30(38)25-12-8-5-9-13-25)22-37(20-23-10-6-4-7-11-23)21-24-14-15-27-26(19-24)16-17-35-27/h5,8-9,12-17,19,23,35H,2-4,6-7,10-11,18,20-22H2,1H3. The topological polar surface area (TPSA) is 36.9 Å². The second-order valence-corrected chi connectivity index (χ2v) is 10.7. The number of alkyl halides is 3. The highest BCUT2D eigenvalue weighted by molar-refractivity contribution is 5.79. The lowest BCUT2D eigenvalue weighted by Gasteiger charge is -2.30. The summed E-state index contributed by atoms with van der Waals surface area (Å²) in [5.41, 5.74) is 2.43. The summed E-state index contributed by atoms with van der Waals surface area (Å²) in [6, 6.07) is 17.6. The van der Waals surface area contributed by atoms with Crippen LogP contribution in [0.4, 0.5) is 13.2 Å². The van der Waals surface area contributed by atoms with Crippen molar-refractivity contribution in [3.05, 3.63) is 77.7 Å². The average molecular weight is 523 g/mol. The van der Waals surface area contributed by atoms with Gasteiger partial charge < -0.3 is 9.55 Å². The van der Waals surface area contributed by atoms with Crippen molar-refractivity contribution in [2.24, 2.45) is 5.92 Å². The number of H-pyrrole nitrogens is 1. The maximum Gasteiger partial charge on any atom is 0.435 e. The first-order chi connectivity index (χ1) is 18.4. The van der Waals surface area contributed by atoms with Gasteiger partial charge in [0.2, 0.25) is 0 Å². The summed E-state index contributed by atoms with van der Waals surface area (Å²) in [6.07, 6.45) is 5.04. The molecule has 0 bridgehead atoms. The normalized spacial score (nSPS) is 15.1. The highest BCUT2D eigenvalue weighted by Crippen LogP contribution is 2.36. The van der Waals surface area contributed by atoms with E-state index in [1.807, 2.05) is 47.2 Å². The monoisotopic (exact) mass is 522 g/mol. The van der Waals surface area contributed by atoms with Crippen LogP contribution in [0.2, 0.25) is 0 Å². The van der Waals surface area contributed by atoms with Crippen LogP contribution in [0.15, 0.2) is 60.8 Å². The minimum atomic E-state index is -4.52. The molecule has 7 heteroatoms. The van der Waals surface area contributed by atoms with E-state index in [1.165, 1.54) is 19.3 Å². The van der Waals surface area contributed by atoms with Crippen LogP contribution in [0, 0.1) is 5.92 Å². The summed E-state index contributed by atoms with van der Waals surface area (Å²) >= 11 is 0. The number of benzene rings is 2. The molecule has 2 aromatic heterocycles. The molecule has 1 aliphatic rings. The van der Waals surface area contributed by atoms with Crippen LogP contribution in [0.5, 0.6) is 0 Å². The predicted octanol–water partition coefficient (Wildman–Crippen LogP) is 8.43. The summed E-state index contributed by atoms with van der Waals surface area (Å²) in [7, 11) is 0. The van der Waals surface area contributed by atoms with Crippen molar-refractivity contribution in [3.8, 4) is 11.4 Å². The molecule has 1 N–H and O–H groups in total. The van der Waals surface area contributed by atoms with Gasteiger partial charge in [-0.05, 0) is 54.3 Å². The molecule has 0 spiro atoms. The highest BCUT2D eigenvalue weighted by Gasteiger charge is 2.39. The van der Waals surface area contributed by atoms with Crippen molar-refractivity contribution in [1.29, 1.82) is 0 Å². The fraction of sp³-hybridized carbons (Fsp3) is 0.452. The Hall–Kier alpha value is -3.06. The first-order valence-electron chi connectivity index (χ1n) is 13.9. The molecule has 0 atom stereocenters. The van der Waals surface area contributed by atoms with E-state index in [2.05, 4.69) is 40.0 Å². The third-order valence-corrected chi connectivity index (χ3v) is 7.75. The molecule has 4 aromatic rings. The minimum absolute atomic E-state index is 0.222. The Kier molecular flexibility index (Phi) is 8.22. The zero-order valence-corrected chi connectivity index (χ0v) is 22.1. The van der Waals surface area contributed by atoms with Crippen LogP contribution in [0.1, 0.15) is 68.8 Å². The lowest BCUT2D eigenvalue weighted by molar-refractivity contribution is -0.141. The quantitative estimate of drug-likeness (QED) is 0.227. The number of nitrogens with zero attached hydrogens (tertiary/aromatic N) is 3. The molecule has 0 unspecified atom stereocenters. The van der Waals surface area contributed by atoms with Crippen LogP contribution in [0.25, 0.3) is 22.3 Å². The molecular weight excluding hydrogens is 485 g/mol. The van der Waals surface area contributed by atoms with Gasteiger partial charge in [-0.15, -0.1) is 0 Å². The molecule has 2 aromatic carbocycles. The van der Waals surface area contributed by atoms with Crippen LogP contribution in [0.3, 0.4) is 0 Å². The van der Waals surface area contributed by atoms with E-state index in [9.17, 15) is 13.2 Å². The number of hydrogen-bond acceptors (Lipinski definition) is 2. The zero-order valence-electron chi connectivity index (χ0n) is 22.1. The molecule has 1 saturated carbocycles. The lowest BCUT2D eigenvalue weighted by atomic mass is 9.89. The van der Waals surface area contributed by atoms with E-state index in [0.29, 0.717) is 24.8 Å². The number of imidazole rings is 1. The Morgan fingerprint density at radius 3 is 2.53 bits per heavy atom. The highest BCUT2D eigenvalue weighted by atomic mass is 19.4. The van der Waals surface area contributed by atoms with Crippen molar-refractivity contribution >= 4 is 10.9 Å². The molecule has 5 rings (SSSR count). The van der Waals surface area contributed by atoms with Crippen molar-refractivity contribution in [2.45, 2.75) is 77.7 Å². The van der Waals surface area contributed by atoms with Crippen molar-refractivity contribution in [1.82, 2.24) is 19.4 Å². The van der Waals surface area contributed by atoms with Gasteiger partial charge in [-0.25, -0.2) is 4.98 Å². The Morgan fingerprint density at radius 1 is 1.00 bits per heavy atom. The van der Waals surface area contributed by atoms with E-state index in [4.69, 9.17) is 0 Å². The summed E-state index contributed by atoms with van der Waals surface area (Å²) in [5, 5.41) is 1.12. The molecule has 0 saturated heterocycles. The Morgan fingerprint density at radius 2 is 1.79 bits per heavy atom. The number of aromatic amines is 1. The molecule has 0 radical (unpaired) electrons. The van der Waals surface area contributed by atoms with Crippen molar-refractivity contribution < 1.29 is 13.2 Å². The van der Waals surface area contributed by atoms with Gasteiger partial charge in [-0.2, -0.15) is 13.2 Å². The number of unbranched alkanes of at least 4 members (excludes halogenated alkanes) is 1. The van der Waals surface area contributed by atoms with Gasteiger partial charge in [0.05, 0.1) is 5.69 Å². The van der Waals surface area contributed by atoms with E-state index in [0.717, 1.165) is 54.3 Å². The largest absolute Gasteiger partial charge is 0.435 e. The van der Waals surface area contributed by atoms with E-state index >= 15 is 0 Å². The predicted molar refractivity (Wildman–Crippen MR) is 147 cm³/mol. The molecule has 0 amide bonds. The van der Waals surface area contributed by atoms with Crippen molar-refractivity contribution in [2.75, 3.05) is 6.54 Å². The maximum atomic E-state index is 14.5. The zero-order chi connectivity index (χ0) is 26.5. The second-order valence-electron chi connectivity index (χ2n) is 10.7. The fourth-order valence-corrected chi connectivity index (χ4v) is 5.83. The second kappa shape index (κ2) is 11.8. The molecule has 38 heavy (non-hydrogen) atoms. The van der Waals surface area contributed by atoms with Crippen molar-refractivity contribution in [3.63, 3.8) is 0 Å². The Bertz CT molecular complexity index is 1320. The third-order valence-electron chi connectivity index (χ3n) is 7.75. The maximum absolute atomic E-state index is 14.5. The fourth-order valence-electron chi connectivity index (χ4n) is 5.83. The molecule has 0 aliphatic heterocycles. The summed E-state index contributed by atoms with van der Waals surface area (Å²) in [6.45, 7) is 4.21. The van der Waals surface area contributed by atoms with Crippen LogP contribution in [-0.4, -0.2) is 26.0 Å². The number of rotatable bonds is 10. The Labute approximate surface area is 222 Å². The molecule has 1 fully saturated rings. The number of halogens is 3. The molecular formula is C31H37F3N4. The van der Waals surface area contributed by atoms with Crippen LogP contribution >= 0.6 is 0 Å². The van der Waals surface area contributed by atoms with Crippen LogP contribution < -0.4 is 0 Å². The first kappa shape index (κ1) is 26.5. The molecule has 202 valence electrons. The van der Waals surface area contributed by atoms with Gasteiger partial charge in [0, 0.05) is 43.5 Å². The van der Waals surface area contributed by atoms with Crippen LogP contribution in [-0.2, 0) is 25.8 Å².